The van der Waals surface area contributed by atoms with E-state index in [1.807, 2.05) is 30.3 Å². The molecular weight excluding hydrogens is 381 g/mol. The van der Waals surface area contributed by atoms with E-state index in [1.165, 1.54) is 0 Å². The maximum atomic E-state index is 12.3. The molecule has 2 aliphatic heterocycles. The van der Waals surface area contributed by atoms with Gasteiger partial charge in [0.15, 0.2) is 0 Å². The number of nitrogens with zero attached hydrogens (tertiary/aromatic N) is 1. The van der Waals surface area contributed by atoms with E-state index >= 15 is 0 Å². The topological polar surface area (TPSA) is 38.8 Å². The van der Waals surface area contributed by atoms with Crippen LogP contribution < -0.4 is 0 Å². The number of carbonyl (C=O) groups excluding carboxylic acids is 1. The largest absolute Gasteiger partial charge is 0.444 e. The zero-order valence-electron chi connectivity index (χ0n) is 11.9. The van der Waals surface area contributed by atoms with Crippen LogP contribution in [0, 0.1) is 11.8 Å². The number of piperidine rings is 1. The zero-order chi connectivity index (χ0) is 14.7. The van der Waals surface area contributed by atoms with Gasteiger partial charge in [-0.15, -0.1) is 0 Å². The third-order valence-electron chi connectivity index (χ3n) is 4.33. The van der Waals surface area contributed by atoms with E-state index in [0.29, 0.717) is 18.4 Å². The number of hydrogen-bond acceptors (Lipinski definition) is 3. The molecule has 0 bridgehead atoms. The molecule has 2 heterocycles. The van der Waals surface area contributed by atoms with E-state index in [-0.39, 0.29) is 12.3 Å². The maximum absolute atomic E-state index is 12.3. The number of amides is 1. The van der Waals surface area contributed by atoms with Gasteiger partial charge in [-0.2, -0.15) is 0 Å². The molecule has 1 amide bonds. The van der Waals surface area contributed by atoms with Crippen LogP contribution in [0.15, 0.2) is 30.3 Å². The lowest BCUT2D eigenvalue weighted by atomic mass is 9.88. The third kappa shape index (κ3) is 3.34. The van der Waals surface area contributed by atoms with Crippen LogP contribution in [-0.2, 0) is 16.1 Å². The van der Waals surface area contributed by atoms with E-state index in [4.69, 9.17) is 9.47 Å². The lowest BCUT2D eigenvalue weighted by molar-refractivity contribution is -0.0549. The van der Waals surface area contributed by atoms with Crippen molar-refractivity contribution in [3.05, 3.63) is 35.9 Å². The van der Waals surface area contributed by atoms with Gasteiger partial charge in [-0.25, -0.2) is 4.79 Å². The summed E-state index contributed by atoms with van der Waals surface area (Å²) in [6, 6.07) is 9.78. The van der Waals surface area contributed by atoms with Crippen molar-refractivity contribution >= 4 is 28.7 Å². The Bertz CT molecular complexity index is 482. The Morgan fingerprint density at radius 3 is 2.95 bits per heavy atom. The highest BCUT2D eigenvalue weighted by Crippen LogP contribution is 2.37. The van der Waals surface area contributed by atoms with E-state index in [2.05, 4.69) is 22.6 Å². The molecule has 0 aliphatic carbocycles. The van der Waals surface area contributed by atoms with E-state index in [9.17, 15) is 4.79 Å². The molecule has 1 aromatic rings. The van der Waals surface area contributed by atoms with Crippen molar-refractivity contribution in [2.75, 3.05) is 17.6 Å². The molecule has 5 heteroatoms. The van der Waals surface area contributed by atoms with Gasteiger partial charge in [0.05, 0.1) is 6.61 Å². The van der Waals surface area contributed by atoms with Crippen molar-refractivity contribution in [1.29, 1.82) is 0 Å². The van der Waals surface area contributed by atoms with Gasteiger partial charge < -0.3 is 9.47 Å². The summed E-state index contributed by atoms with van der Waals surface area (Å²) in [5.74, 6) is 1.04. The second-order valence-electron chi connectivity index (χ2n) is 5.68. The number of ether oxygens (including phenoxy) is 2. The highest BCUT2D eigenvalue weighted by molar-refractivity contribution is 14.1. The van der Waals surface area contributed by atoms with Gasteiger partial charge in [0.1, 0.15) is 12.8 Å². The average Bonchev–Trinajstić information content (AvgIpc) is 2.96. The summed E-state index contributed by atoms with van der Waals surface area (Å²) >= 11 is 2.41. The van der Waals surface area contributed by atoms with Crippen molar-refractivity contribution in [3.63, 3.8) is 0 Å². The molecule has 0 aromatic heterocycles. The van der Waals surface area contributed by atoms with Crippen LogP contribution in [0.25, 0.3) is 0 Å². The quantitative estimate of drug-likeness (QED) is 0.576. The molecule has 0 N–H and O–H groups in total. The molecule has 1 aromatic carbocycles. The molecule has 4 nitrogen and oxygen atoms in total. The summed E-state index contributed by atoms with van der Waals surface area (Å²) in [6.07, 6.45) is 1.86. The van der Waals surface area contributed by atoms with Crippen LogP contribution in [0.4, 0.5) is 4.79 Å². The Morgan fingerprint density at radius 2 is 2.19 bits per heavy atom. The van der Waals surface area contributed by atoms with Gasteiger partial charge in [0, 0.05) is 16.9 Å². The molecule has 1 unspecified atom stereocenters. The van der Waals surface area contributed by atoms with Crippen LogP contribution in [0.5, 0.6) is 0 Å². The van der Waals surface area contributed by atoms with Gasteiger partial charge >= 0.3 is 6.09 Å². The van der Waals surface area contributed by atoms with Gasteiger partial charge in [-0.3, -0.25) is 4.90 Å². The lowest BCUT2D eigenvalue weighted by Crippen LogP contribution is -2.48. The summed E-state index contributed by atoms with van der Waals surface area (Å²) < 4.78 is 12.4. The number of rotatable bonds is 3. The maximum Gasteiger partial charge on any atom is 0.412 e. The molecule has 2 aliphatic rings. The Labute approximate surface area is 138 Å². The lowest BCUT2D eigenvalue weighted by Gasteiger charge is -2.36. The molecule has 2 saturated heterocycles. The highest BCUT2D eigenvalue weighted by Gasteiger charge is 2.44. The highest BCUT2D eigenvalue weighted by atomic mass is 127. The van der Waals surface area contributed by atoms with Crippen molar-refractivity contribution in [3.8, 4) is 0 Å². The molecule has 21 heavy (non-hydrogen) atoms. The van der Waals surface area contributed by atoms with Crippen molar-refractivity contribution < 1.29 is 14.3 Å². The van der Waals surface area contributed by atoms with E-state index < -0.39 is 0 Å². The molecule has 3 atom stereocenters. The zero-order valence-corrected chi connectivity index (χ0v) is 14.1. The van der Waals surface area contributed by atoms with Crippen LogP contribution >= 0.6 is 22.6 Å². The first kappa shape index (κ1) is 15.1. The average molecular weight is 401 g/mol. The first-order valence-electron chi connectivity index (χ1n) is 7.44. The summed E-state index contributed by atoms with van der Waals surface area (Å²) in [5, 5.41) is 0. The van der Waals surface area contributed by atoms with Gasteiger partial charge in [-0.05, 0) is 24.3 Å². The molecular formula is C16H20INO3. The first-order chi connectivity index (χ1) is 10.3. The van der Waals surface area contributed by atoms with E-state index in [0.717, 1.165) is 36.0 Å². The number of alkyl halides is 1. The van der Waals surface area contributed by atoms with Crippen LogP contribution in [-0.4, -0.2) is 34.8 Å². The second-order valence-corrected chi connectivity index (χ2v) is 6.56. The molecule has 0 saturated carbocycles. The monoisotopic (exact) mass is 401 g/mol. The van der Waals surface area contributed by atoms with E-state index in [1.54, 1.807) is 4.90 Å². The Kier molecular flexibility index (Phi) is 5.00. The number of fused-ring (bicyclic) bond motifs is 1. The minimum atomic E-state index is -0.248. The number of benzene rings is 1. The predicted molar refractivity (Wildman–Crippen MR) is 88.2 cm³/mol. The summed E-state index contributed by atoms with van der Waals surface area (Å²) in [5.41, 5.74) is 1.01. The molecule has 3 rings (SSSR count). The minimum Gasteiger partial charge on any atom is -0.444 e. The van der Waals surface area contributed by atoms with Gasteiger partial charge in [0.25, 0.3) is 0 Å². The minimum absolute atomic E-state index is 0.0817. The van der Waals surface area contributed by atoms with Crippen molar-refractivity contribution in [1.82, 2.24) is 4.90 Å². The summed E-state index contributed by atoms with van der Waals surface area (Å²) in [6.45, 7) is 1.83. The standard InChI is InChI=1S/C16H20INO3/c17-9-13-11-20-15-14(13)7-4-8-18(15)16(19)21-10-12-5-2-1-3-6-12/h1-3,5-6,13-15H,4,7-11H2/t13?,14-,15+/m1/s1. The number of carbonyl (C=O) groups is 1. The van der Waals surface area contributed by atoms with Crippen molar-refractivity contribution in [2.24, 2.45) is 11.8 Å². The fourth-order valence-electron chi connectivity index (χ4n) is 3.18. The normalized spacial score (nSPS) is 28.2. The second kappa shape index (κ2) is 6.96. The van der Waals surface area contributed by atoms with Gasteiger partial charge in [0.2, 0.25) is 0 Å². The Balaban J connectivity index is 1.59. The van der Waals surface area contributed by atoms with Crippen LogP contribution in [0.3, 0.4) is 0 Å². The fraction of sp³-hybridized carbons (Fsp3) is 0.562. The predicted octanol–water partition coefficient (Wildman–Crippen LogP) is 3.44. The number of halogens is 1. The molecule has 0 radical (unpaired) electrons. The smallest absolute Gasteiger partial charge is 0.412 e. The third-order valence-corrected chi connectivity index (χ3v) is 5.47. The summed E-state index contributed by atoms with van der Waals surface area (Å²) in [7, 11) is 0. The molecule has 0 spiro atoms. The number of hydrogen-bond donors (Lipinski definition) is 0. The molecule has 2 fully saturated rings. The SMILES string of the molecule is O=C(OCc1ccccc1)N1CCC[C@@H]2C(CI)CO[C@@H]21. The van der Waals surface area contributed by atoms with Crippen LogP contribution in [0.1, 0.15) is 18.4 Å². The first-order valence-corrected chi connectivity index (χ1v) is 8.97. The molecule has 114 valence electrons. The Morgan fingerprint density at radius 1 is 1.38 bits per heavy atom. The van der Waals surface area contributed by atoms with Gasteiger partial charge in [-0.1, -0.05) is 52.9 Å². The number of likely N-dealkylation sites (tertiary alicyclic amines) is 1. The summed E-state index contributed by atoms with van der Waals surface area (Å²) in [4.78, 5) is 14.1. The van der Waals surface area contributed by atoms with Crippen molar-refractivity contribution in [2.45, 2.75) is 25.7 Å². The fourth-order valence-corrected chi connectivity index (χ4v) is 4.09. The Hall–Kier alpha value is -0.820. The van der Waals surface area contributed by atoms with Crippen LogP contribution in [0.2, 0.25) is 0 Å².